The number of nitrogens with one attached hydrogen (secondary N) is 2. The van der Waals surface area contributed by atoms with Crippen LogP contribution in [0.2, 0.25) is 5.02 Å². The average molecular weight is 440 g/mol. The van der Waals surface area contributed by atoms with Gasteiger partial charge in [0.25, 0.3) is 5.91 Å². The van der Waals surface area contributed by atoms with Gasteiger partial charge in [-0.3, -0.25) is 9.59 Å². The largest absolute Gasteiger partial charge is 0.481 e. The van der Waals surface area contributed by atoms with Crippen molar-refractivity contribution in [2.75, 3.05) is 11.9 Å². The molecule has 0 saturated carbocycles. The third-order valence-electron chi connectivity index (χ3n) is 4.90. The summed E-state index contributed by atoms with van der Waals surface area (Å²) < 4.78 is 0. The molecule has 0 aliphatic carbocycles. The number of nitrogens with zero attached hydrogens (tertiary/aromatic N) is 1. The fourth-order valence-corrected chi connectivity index (χ4v) is 3.60. The number of carboxylic acids is 1. The maximum Gasteiger partial charge on any atom is 0.305 e. The molecule has 2 aromatic carbocycles. The number of fused-ring (bicyclic) bond motifs is 1. The van der Waals surface area contributed by atoms with Crippen molar-refractivity contribution in [3.05, 3.63) is 70.7 Å². The quantitative estimate of drug-likeness (QED) is 0.421. The number of carbonyl (C=O) groups is 2. The van der Waals surface area contributed by atoms with Crippen LogP contribution in [0.1, 0.15) is 48.7 Å². The molecule has 6 nitrogen and oxygen atoms in total. The molecule has 0 radical (unpaired) electrons. The molecule has 3 N–H and O–H groups in total. The average Bonchev–Trinajstić information content (AvgIpc) is 2.73. The van der Waals surface area contributed by atoms with Gasteiger partial charge in [0.1, 0.15) is 5.82 Å². The van der Waals surface area contributed by atoms with Crippen LogP contribution in [0, 0.1) is 5.92 Å². The zero-order chi connectivity index (χ0) is 22.4. The normalized spacial score (nSPS) is 12.0. The molecular weight excluding hydrogens is 414 g/mol. The number of aliphatic carboxylic acids is 1. The van der Waals surface area contributed by atoms with E-state index in [1.54, 1.807) is 12.1 Å². The molecule has 31 heavy (non-hydrogen) atoms. The van der Waals surface area contributed by atoms with Crippen molar-refractivity contribution >= 4 is 40.2 Å². The fraction of sp³-hybridized carbons (Fsp3) is 0.292. The molecule has 0 unspecified atom stereocenters. The highest BCUT2D eigenvalue weighted by Gasteiger charge is 2.16. The SMILES string of the molecule is CC(C)C[C@@H](Nc1ccc2cccc(Cl)c2n1)c1ccc(C(=O)NCCC(=O)O)cc1. The van der Waals surface area contributed by atoms with E-state index in [2.05, 4.69) is 29.5 Å². The van der Waals surface area contributed by atoms with Crippen LogP contribution in [0.15, 0.2) is 54.6 Å². The van der Waals surface area contributed by atoms with Gasteiger partial charge in [-0.15, -0.1) is 0 Å². The molecule has 1 aromatic heterocycles. The Kier molecular flexibility index (Phi) is 7.47. The number of anilines is 1. The third kappa shape index (κ3) is 6.18. The molecule has 3 aromatic rings. The summed E-state index contributed by atoms with van der Waals surface area (Å²) in [5, 5.41) is 16.4. The summed E-state index contributed by atoms with van der Waals surface area (Å²) in [5.74, 6) is -0.0453. The van der Waals surface area contributed by atoms with Crippen LogP contribution < -0.4 is 10.6 Å². The van der Waals surface area contributed by atoms with Crippen LogP contribution in [-0.4, -0.2) is 28.5 Å². The summed E-state index contributed by atoms with van der Waals surface area (Å²) in [5.41, 5.74) is 2.29. The van der Waals surface area contributed by atoms with Gasteiger partial charge in [0.2, 0.25) is 0 Å². The second-order valence-electron chi connectivity index (χ2n) is 7.86. The summed E-state index contributed by atoms with van der Waals surface area (Å²) in [6, 6.07) is 17.0. The number of halogens is 1. The van der Waals surface area contributed by atoms with Crippen molar-refractivity contribution in [3.63, 3.8) is 0 Å². The van der Waals surface area contributed by atoms with E-state index in [0.717, 1.165) is 28.7 Å². The van der Waals surface area contributed by atoms with Crippen LogP contribution >= 0.6 is 11.6 Å². The van der Waals surface area contributed by atoms with Crippen LogP contribution in [-0.2, 0) is 4.79 Å². The predicted octanol–water partition coefficient (Wildman–Crippen LogP) is 5.29. The summed E-state index contributed by atoms with van der Waals surface area (Å²) in [7, 11) is 0. The van der Waals surface area contributed by atoms with Crippen LogP contribution in [0.5, 0.6) is 0 Å². The molecule has 1 atom stereocenters. The fourth-order valence-electron chi connectivity index (χ4n) is 3.37. The van der Waals surface area contributed by atoms with Gasteiger partial charge < -0.3 is 15.7 Å². The maximum absolute atomic E-state index is 12.2. The molecule has 0 aliphatic heterocycles. The Morgan fingerprint density at radius 2 is 1.81 bits per heavy atom. The number of hydrogen-bond donors (Lipinski definition) is 3. The molecular formula is C24H26ClN3O3. The first kappa shape index (κ1) is 22.6. The van der Waals surface area contributed by atoms with Crippen LogP contribution in [0.4, 0.5) is 5.82 Å². The zero-order valence-corrected chi connectivity index (χ0v) is 18.3. The maximum atomic E-state index is 12.2. The van der Waals surface area contributed by atoms with Gasteiger partial charge in [-0.2, -0.15) is 0 Å². The summed E-state index contributed by atoms with van der Waals surface area (Å²) in [6.45, 7) is 4.41. The Bertz CT molecular complexity index is 1070. The van der Waals surface area contributed by atoms with E-state index < -0.39 is 5.97 Å². The van der Waals surface area contributed by atoms with Crippen molar-refractivity contribution in [1.29, 1.82) is 0 Å². The first-order valence-electron chi connectivity index (χ1n) is 10.2. The third-order valence-corrected chi connectivity index (χ3v) is 5.20. The number of pyridine rings is 1. The Hall–Kier alpha value is -3.12. The van der Waals surface area contributed by atoms with Gasteiger partial charge in [-0.1, -0.05) is 49.7 Å². The van der Waals surface area contributed by atoms with Crippen molar-refractivity contribution in [2.45, 2.75) is 32.7 Å². The topological polar surface area (TPSA) is 91.3 Å². The number of benzene rings is 2. The molecule has 162 valence electrons. The Morgan fingerprint density at radius 1 is 1.06 bits per heavy atom. The summed E-state index contributed by atoms with van der Waals surface area (Å²) >= 11 is 6.31. The molecule has 1 heterocycles. The van der Waals surface area contributed by atoms with Gasteiger partial charge in [0, 0.05) is 17.5 Å². The van der Waals surface area contributed by atoms with E-state index in [1.807, 2.05) is 42.5 Å². The molecule has 0 bridgehead atoms. The second-order valence-corrected chi connectivity index (χ2v) is 8.26. The van der Waals surface area contributed by atoms with Crippen molar-refractivity contribution in [3.8, 4) is 0 Å². The van der Waals surface area contributed by atoms with E-state index in [4.69, 9.17) is 16.7 Å². The number of amides is 1. The predicted molar refractivity (Wildman–Crippen MR) is 124 cm³/mol. The van der Waals surface area contributed by atoms with Gasteiger partial charge in [0.15, 0.2) is 0 Å². The van der Waals surface area contributed by atoms with Gasteiger partial charge in [-0.05, 0) is 48.2 Å². The van der Waals surface area contributed by atoms with Crippen molar-refractivity contribution in [1.82, 2.24) is 10.3 Å². The Labute approximate surface area is 186 Å². The molecule has 0 spiro atoms. The number of rotatable bonds is 9. The minimum absolute atomic E-state index is 0.0107. The molecule has 1 amide bonds. The number of para-hydroxylation sites is 1. The summed E-state index contributed by atoms with van der Waals surface area (Å²) in [4.78, 5) is 27.5. The van der Waals surface area contributed by atoms with Gasteiger partial charge in [-0.25, -0.2) is 4.98 Å². The van der Waals surface area contributed by atoms with E-state index in [9.17, 15) is 9.59 Å². The highest BCUT2D eigenvalue weighted by atomic mass is 35.5. The standard InChI is InChI=1S/C24H26ClN3O3/c1-15(2)14-20(27-21-11-10-17-4-3-5-19(25)23(17)28-21)16-6-8-18(9-7-16)24(31)26-13-12-22(29)30/h3-11,15,20H,12-14H2,1-2H3,(H,26,31)(H,27,28)(H,29,30)/t20-/m1/s1. The van der Waals surface area contributed by atoms with Crippen LogP contribution in [0.25, 0.3) is 10.9 Å². The van der Waals surface area contributed by atoms with Crippen LogP contribution in [0.3, 0.4) is 0 Å². The minimum Gasteiger partial charge on any atom is -0.481 e. The molecule has 0 saturated heterocycles. The minimum atomic E-state index is -0.943. The van der Waals surface area contributed by atoms with Crippen molar-refractivity contribution < 1.29 is 14.7 Å². The van der Waals surface area contributed by atoms with E-state index in [0.29, 0.717) is 16.5 Å². The van der Waals surface area contributed by atoms with Gasteiger partial charge in [0.05, 0.1) is 23.0 Å². The number of carbonyl (C=O) groups excluding carboxylic acids is 1. The smallest absolute Gasteiger partial charge is 0.305 e. The number of carboxylic acid groups (broad SMARTS) is 1. The van der Waals surface area contributed by atoms with E-state index in [1.165, 1.54) is 0 Å². The monoisotopic (exact) mass is 439 g/mol. The molecule has 3 rings (SSSR count). The Morgan fingerprint density at radius 3 is 2.48 bits per heavy atom. The van der Waals surface area contributed by atoms with E-state index in [-0.39, 0.29) is 24.9 Å². The lowest BCUT2D eigenvalue weighted by atomic mass is 9.96. The lowest BCUT2D eigenvalue weighted by molar-refractivity contribution is -0.136. The first-order valence-corrected chi connectivity index (χ1v) is 10.6. The van der Waals surface area contributed by atoms with Crippen molar-refractivity contribution in [2.24, 2.45) is 5.92 Å². The lowest BCUT2D eigenvalue weighted by Crippen LogP contribution is -2.26. The zero-order valence-electron chi connectivity index (χ0n) is 17.6. The highest BCUT2D eigenvalue weighted by Crippen LogP contribution is 2.28. The van der Waals surface area contributed by atoms with E-state index >= 15 is 0 Å². The second kappa shape index (κ2) is 10.3. The number of hydrogen-bond acceptors (Lipinski definition) is 4. The molecule has 0 fully saturated rings. The first-order chi connectivity index (χ1) is 14.8. The Balaban J connectivity index is 1.77. The molecule has 7 heteroatoms. The molecule has 0 aliphatic rings. The highest BCUT2D eigenvalue weighted by molar-refractivity contribution is 6.35. The lowest BCUT2D eigenvalue weighted by Gasteiger charge is -2.22. The number of aromatic nitrogens is 1. The van der Waals surface area contributed by atoms with Gasteiger partial charge >= 0.3 is 5.97 Å². The summed E-state index contributed by atoms with van der Waals surface area (Å²) in [6.07, 6.45) is 0.777.